The van der Waals surface area contributed by atoms with Crippen LogP contribution < -0.4 is 10.5 Å². The van der Waals surface area contributed by atoms with Crippen molar-refractivity contribution in [3.63, 3.8) is 0 Å². The van der Waals surface area contributed by atoms with Gasteiger partial charge < -0.3 is 15.2 Å². The van der Waals surface area contributed by atoms with E-state index in [0.717, 1.165) is 18.8 Å². The van der Waals surface area contributed by atoms with Gasteiger partial charge in [-0.2, -0.15) is 0 Å². The molecule has 0 saturated heterocycles. The average Bonchev–Trinajstić information content (AvgIpc) is 2.45. The molecule has 2 aromatic carbocycles. The Bertz CT molecular complexity index is 568. The van der Waals surface area contributed by atoms with Crippen molar-refractivity contribution in [2.75, 3.05) is 18.9 Å². The number of nitrogens with two attached hydrogens (primary N) is 1. The van der Waals surface area contributed by atoms with Crippen molar-refractivity contribution in [3.8, 4) is 5.75 Å². The molecule has 3 nitrogen and oxygen atoms in total. The Hall–Kier alpha value is -2.00. The minimum absolute atomic E-state index is 0.00591. The largest absolute Gasteiger partial charge is 0.490 e. The number of anilines is 1. The predicted molar refractivity (Wildman–Crippen MR) is 75.2 cm³/mol. The highest BCUT2D eigenvalue weighted by molar-refractivity contribution is 5.43. The SMILES string of the molecule is Nc1cccc(OCC2OCCc3ccccc32)c1. The lowest BCUT2D eigenvalue weighted by Crippen LogP contribution is -2.21. The summed E-state index contributed by atoms with van der Waals surface area (Å²) < 4.78 is 11.6. The van der Waals surface area contributed by atoms with Crippen LogP contribution in [0.1, 0.15) is 17.2 Å². The van der Waals surface area contributed by atoms with E-state index >= 15 is 0 Å². The van der Waals surface area contributed by atoms with Crippen LogP contribution >= 0.6 is 0 Å². The Morgan fingerprint density at radius 3 is 2.95 bits per heavy atom. The highest BCUT2D eigenvalue weighted by Crippen LogP contribution is 2.27. The van der Waals surface area contributed by atoms with Crippen LogP contribution in [-0.2, 0) is 11.2 Å². The van der Waals surface area contributed by atoms with Gasteiger partial charge in [0.15, 0.2) is 0 Å². The Morgan fingerprint density at radius 1 is 1.16 bits per heavy atom. The zero-order chi connectivity index (χ0) is 13.1. The Labute approximate surface area is 113 Å². The molecule has 0 bridgehead atoms. The molecule has 1 heterocycles. The normalized spacial score (nSPS) is 17.8. The quantitative estimate of drug-likeness (QED) is 0.858. The molecule has 3 rings (SSSR count). The number of benzene rings is 2. The smallest absolute Gasteiger partial charge is 0.121 e. The summed E-state index contributed by atoms with van der Waals surface area (Å²) in [6.07, 6.45) is 0.983. The van der Waals surface area contributed by atoms with E-state index in [1.165, 1.54) is 11.1 Å². The maximum absolute atomic E-state index is 5.80. The number of hydrogen-bond donors (Lipinski definition) is 1. The third-order valence-electron chi connectivity index (χ3n) is 3.35. The average molecular weight is 255 g/mol. The second-order valence-electron chi connectivity index (χ2n) is 4.69. The maximum atomic E-state index is 5.80. The zero-order valence-corrected chi connectivity index (χ0v) is 10.7. The lowest BCUT2D eigenvalue weighted by molar-refractivity contribution is 0.0102. The first kappa shape index (κ1) is 12.1. The summed E-state index contributed by atoms with van der Waals surface area (Å²) >= 11 is 0. The van der Waals surface area contributed by atoms with Crippen LogP contribution in [0.25, 0.3) is 0 Å². The molecule has 1 aliphatic rings. The molecule has 1 atom stereocenters. The molecule has 3 heteroatoms. The minimum atomic E-state index is 0.00591. The topological polar surface area (TPSA) is 44.5 Å². The van der Waals surface area contributed by atoms with Gasteiger partial charge in [0, 0.05) is 11.8 Å². The van der Waals surface area contributed by atoms with Gasteiger partial charge >= 0.3 is 0 Å². The number of fused-ring (bicyclic) bond motifs is 1. The first-order valence-corrected chi connectivity index (χ1v) is 6.51. The molecule has 0 radical (unpaired) electrons. The second kappa shape index (κ2) is 5.33. The highest BCUT2D eigenvalue weighted by Gasteiger charge is 2.20. The van der Waals surface area contributed by atoms with Crippen molar-refractivity contribution >= 4 is 5.69 Å². The van der Waals surface area contributed by atoms with Crippen LogP contribution in [0.15, 0.2) is 48.5 Å². The van der Waals surface area contributed by atoms with E-state index in [4.69, 9.17) is 15.2 Å². The molecule has 0 saturated carbocycles. The highest BCUT2D eigenvalue weighted by atomic mass is 16.5. The summed E-state index contributed by atoms with van der Waals surface area (Å²) in [5.74, 6) is 0.784. The van der Waals surface area contributed by atoms with Gasteiger partial charge in [0.25, 0.3) is 0 Å². The van der Waals surface area contributed by atoms with Crippen molar-refractivity contribution in [1.82, 2.24) is 0 Å². The van der Waals surface area contributed by atoms with Gasteiger partial charge in [-0.1, -0.05) is 30.3 Å². The summed E-state index contributed by atoms with van der Waals surface area (Å²) in [4.78, 5) is 0. The van der Waals surface area contributed by atoms with Crippen LogP contribution in [0.3, 0.4) is 0 Å². The Morgan fingerprint density at radius 2 is 2.05 bits per heavy atom. The fourth-order valence-electron chi connectivity index (χ4n) is 2.39. The van der Waals surface area contributed by atoms with Crippen molar-refractivity contribution in [2.24, 2.45) is 0 Å². The second-order valence-corrected chi connectivity index (χ2v) is 4.69. The standard InChI is InChI=1S/C16H17NO2/c17-13-5-3-6-14(10-13)19-11-16-15-7-2-1-4-12(15)8-9-18-16/h1-7,10,16H,8-9,11,17H2. The molecular formula is C16H17NO2. The molecule has 98 valence electrons. The molecule has 0 aromatic heterocycles. The van der Waals surface area contributed by atoms with E-state index in [1.54, 1.807) is 0 Å². The third kappa shape index (κ3) is 2.71. The number of ether oxygens (including phenoxy) is 2. The van der Waals surface area contributed by atoms with E-state index in [1.807, 2.05) is 30.3 Å². The lowest BCUT2D eigenvalue weighted by Gasteiger charge is -2.26. The van der Waals surface area contributed by atoms with Crippen LogP contribution in [0.5, 0.6) is 5.75 Å². The Kier molecular flexibility index (Phi) is 3.38. The summed E-state index contributed by atoms with van der Waals surface area (Å²) in [5.41, 5.74) is 9.03. The number of hydrogen-bond acceptors (Lipinski definition) is 3. The third-order valence-corrected chi connectivity index (χ3v) is 3.35. The minimum Gasteiger partial charge on any atom is -0.490 e. The van der Waals surface area contributed by atoms with Gasteiger partial charge in [0.2, 0.25) is 0 Å². The molecular weight excluding hydrogens is 238 g/mol. The molecule has 19 heavy (non-hydrogen) atoms. The molecule has 2 aromatic rings. The van der Waals surface area contributed by atoms with Gasteiger partial charge in [0.1, 0.15) is 18.5 Å². The monoisotopic (exact) mass is 255 g/mol. The number of nitrogen functional groups attached to an aromatic ring is 1. The van der Waals surface area contributed by atoms with Crippen molar-refractivity contribution in [2.45, 2.75) is 12.5 Å². The zero-order valence-electron chi connectivity index (χ0n) is 10.7. The molecule has 0 spiro atoms. The maximum Gasteiger partial charge on any atom is 0.121 e. The van der Waals surface area contributed by atoms with Gasteiger partial charge in [-0.3, -0.25) is 0 Å². The van der Waals surface area contributed by atoms with Crippen LogP contribution in [-0.4, -0.2) is 13.2 Å². The van der Waals surface area contributed by atoms with Gasteiger partial charge in [-0.25, -0.2) is 0 Å². The molecule has 0 aliphatic carbocycles. The van der Waals surface area contributed by atoms with E-state index in [2.05, 4.69) is 18.2 Å². The molecule has 1 unspecified atom stereocenters. The van der Waals surface area contributed by atoms with Gasteiger partial charge in [0.05, 0.1) is 6.61 Å². The van der Waals surface area contributed by atoms with Crippen molar-refractivity contribution in [3.05, 3.63) is 59.7 Å². The molecule has 1 aliphatic heterocycles. The molecule has 2 N–H and O–H groups in total. The van der Waals surface area contributed by atoms with Crippen molar-refractivity contribution in [1.29, 1.82) is 0 Å². The summed E-state index contributed by atoms with van der Waals surface area (Å²) in [6, 6.07) is 15.9. The van der Waals surface area contributed by atoms with E-state index in [-0.39, 0.29) is 6.10 Å². The van der Waals surface area contributed by atoms with Crippen LogP contribution in [0.4, 0.5) is 5.69 Å². The van der Waals surface area contributed by atoms with E-state index in [0.29, 0.717) is 12.3 Å². The fraction of sp³-hybridized carbons (Fsp3) is 0.250. The fourth-order valence-corrected chi connectivity index (χ4v) is 2.39. The van der Waals surface area contributed by atoms with Crippen molar-refractivity contribution < 1.29 is 9.47 Å². The molecule has 0 fully saturated rings. The molecule has 0 amide bonds. The van der Waals surface area contributed by atoms with Crippen LogP contribution in [0, 0.1) is 0 Å². The first-order chi connectivity index (χ1) is 9.33. The lowest BCUT2D eigenvalue weighted by atomic mass is 9.98. The first-order valence-electron chi connectivity index (χ1n) is 6.51. The van der Waals surface area contributed by atoms with Gasteiger partial charge in [-0.05, 0) is 29.7 Å². The number of rotatable bonds is 3. The summed E-state index contributed by atoms with van der Waals surface area (Å²) in [5, 5.41) is 0. The van der Waals surface area contributed by atoms with Gasteiger partial charge in [-0.15, -0.1) is 0 Å². The summed E-state index contributed by atoms with van der Waals surface area (Å²) in [7, 11) is 0. The predicted octanol–water partition coefficient (Wildman–Crippen LogP) is 2.96. The van der Waals surface area contributed by atoms with E-state index in [9.17, 15) is 0 Å². The van der Waals surface area contributed by atoms with E-state index < -0.39 is 0 Å². The Balaban J connectivity index is 1.71. The summed E-state index contributed by atoms with van der Waals surface area (Å²) in [6.45, 7) is 1.27. The van der Waals surface area contributed by atoms with Crippen LogP contribution in [0.2, 0.25) is 0 Å².